The zero-order chi connectivity index (χ0) is 35.1. The monoisotopic (exact) mass is 700 g/mol. The van der Waals surface area contributed by atoms with E-state index in [9.17, 15) is 14.4 Å². The molecule has 0 bridgehead atoms. The summed E-state index contributed by atoms with van der Waals surface area (Å²) in [7, 11) is 0. The van der Waals surface area contributed by atoms with Crippen molar-refractivity contribution in [2.24, 2.45) is 0 Å². The van der Waals surface area contributed by atoms with Crippen molar-refractivity contribution in [3.8, 4) is 33.4 Å². The fraction of sp³-hybridized carbons (Fsp3) is 0.317. The predicted octanol–water partition coefficient (Wildman–Crippen LogP) is 5.36. The Balaban J connectivity index is 1.01. The van der Waals surface area contributed by atoms with Gasteiger partial charge in [-0.05, 0) is 96.6 Å². The number of hydrogen-bond acceptors (Lipinski definition) is 6. The van der Waals surface area contributed by atoms with Gasteiger partial charge in [-0.1, -0.05) is 66.2 Å². The molecule has 2 aliphatic heterocycles. The summed E-state index contributed by atoms with van der Waals surface area (Å²) in [4.78, 5) is 42.1. The van der Waals surface area contributed by atoms with Crippen molar-refractivity contribution in [2.45, 2.75) is 70.1 Å². The van der Waals surface area contributed by atoms with Gasteiger partial charge in [0, 0.05) is 60.7 Å². The number of benzene rings is 3. The summed E-state index contributed by atoms with van der Waals surface area (Å²) in [6, 6.07) is 23.0. The highest BCUT2D eigenvalue weighted by Gasteiger charge is 2.28. The van der Waals surface area contributed by atoms with Crippen LogP contribution in [0.1, 0.15) is 47.9 Å². The minimum Gasteiger partial charge on any atom is -0.352 e. The highest BCUT2D eigenvalue weighted by atomic mass is 35.5. The van der Waals surface area contributed by atoms with E-state index in [1.54, 1.807) is 16.8 Å². The Hall–Kier alpha value is -4.83. The summed E-state index contributed by atoms with van der Waals surface area (Å²) < 4.78 is 1.58. The molecule has 9 nitrogen and oxygen atoms in total. The minimum atomic E-state index is -0.114. The number of halogens is 1. The van der Waals surface area contributed by atoms with Crippen LogP contribution in [0.3, 0.4) is 0 Å². The zero-order valence-electron chi connectivity index (χ0n) is 28.6. The highest BCUT2D eigenvalue weighted by molar-refractivity contribution is 6.36. The first-order valence-electron chi connectivity index (χ1n) is 17.9. The lowest BCUT2D eigenvalue weighted by Gasteiger charge is -2.16. The van der Waals surface area contributed by atoms with Crippen LogP contribution in [0.4, 0.5) is 0 Å². The second kappa shape index (κ2) is 14.1. The molecule has 3 aromatic carbocycles. The molecular formula is C41H41ClN6O3. The molecule has 4 heterocycles. The Kier molecular flexibility index (Phi) is 9.19. The topological polar surface area (TPSA) is 117 Å². The number of pyridine rings is 1. The Labute approximate surface area is 301 Å². The van der Waals surface area contributed by atoms with Crippen molar-refractivity contribution in [1.82, 2.24) is 30.7 Å². The summed E-state index contributed by atoms with van der Waals surface area (Å²) in [6.07, 6.45) is 8.38. The fourth-order valence-corrected chi connectivity index (χ4v) is 8.25. The molecule has 0 saturated carbocycles. The van der Waals surface area contributed by atoms with Gasteiger partial charge in [0.2, 0.25) is 11.8 Å². The number of nitrogens with one attached hydrogen (secondary N) is 4. The van der Waals surface area contributed by atoms with Gasteiger partial charge in [-0.2, -0.15) is 0 Å². The van der Waals surface area contributed by atoms with Crippen molar-refractivity contribution in [3.05, 3.63) is 117 Å². The van der Waals surface area contributed by atoms with E-state index in [1.165, 1.54) is 11.1 Å². The lowest BCUT2D eigenvalue weighted by molar-refractivity contribution is -0.123. The molecule has 2 fully saturated rings. The van der Waals surface area contributed by atoms with Crippen molar-refractivity contribution >= 4 is 29.1 Å². The van der Waals surface area contributed by atoms with Crippen LogP contribution in [0.5, 0.6) is 0 Å². The molecule has 8 rings (SSSR count). The normalized spacial score (nSPS) is 19.7. The van der Waals surface area contributed by atoms with Gasteiger partial charge in [-0.3, -0.25) is 18.8 Å². The molecule has 3 atom stereocenters. The number of aromatic nitrogens is 2. The first-order chi connectivity index (χ1) is 24.8. The Morgan fingerprint density at radius 1 is 0.941 bits per heavy atom. The van der Waals surface area contributed by atoms with Crippen LogP contribution in [0, 0.1) is 6.92 Å². The standard InChI is InChI=1S/C41H41ClN6O3/c1-24-32(27-14-16-48-37(20-27)45-22-29(41(48)51)21-43-23-30-12-13-38(49)46-30)5-2-6-33(24)35-8-3-7-34(39(35)42)26-11-10-25-18-31(19-28(25)17-26)47-40(50)36-9-4-15-44-36/h2-3,5-8,10-11,14,16-17,20,22,30-31,36,43-44H,4,9,12-13,15,18-19,21,23H2,1H3,(H,46,49)(H,47,50)/t30-,31-,36-/m1/s1. The first-order valence-corrected chi connectivity index (χ1v) is 18.3. The number of carbonyl (C=O) groups excluding carboxylic acids is 2. The molecule has 3 aliphatic rings. The zero-order valence-corrected chi connectivity index (χ0v) is 29.4. The number of nitrogens with zero attached hydrogens (tertiary/aromatic N) is 2. The highest BCUT2D eigenvalue weighted by Crippen LogP contribution is 2.41. The third kappa shape index (κ3) is 6.69. The smallest absolute Gasteiger partial charge is 0.262 e. The van der Waals surface area contributed by atoms with Gasteiger partial charge in [0.15, 0.2) is 0 Å². The maximum Gasteiger partial charge on any atom is 0.262 e. The molecule has 5 aromatic rings. The van der Waals surface area contributed by atoms with E-state index in [1.807, 2.05) is 18.2 Å². The van der Waals surface area contributed by atoms with Gasteiger partial charge in [0.1, 0.15) is 5.65 Å². The predicted molar refractivity (Wildman–Crippen MR) is 201 cm³/mol. The van der Waals surface area contributed by atoms with E-state index in [4.69, 9.17) is 11.6 Å². The summed E-state index contributed by atoms with van der Waals surface area (Å²) in [6.45, 7) is 4.00. The van der Waals surface area contributed by atoms with Gasteiger partial charge in [0.05, 0.1) is 11.1 Å². The number of hydrogen-bond donors (Lipinski definition) is 4. The third-order valence-corrected chi connectivity index (χ3v) is 11.1. The molecule has 2 saturated heterocycles. The van der Waals surface area contributed by atoms with Gasteiger partial charge in [-0.25, -0.2) is 4.98 Å². The van der Waals surface area contributed by atoms with Crippen LogP contribution in [0.25, 0.3) is 39.0 Å². The maximum atomic E-state index is 13.3. The average molecular weight is 701 g/mol. The summed E-state index contributed by atoms with van der Waals surface area (Å²) >= 11 is 7.22. The molecule has 4 N–H and O–H groups in total. The van der Waals surface area contributed by atoms with Gasteiger partial charge in [0.25, 0.3) is 5.56 Å². The van der Waals surface area contributed by atoms with Crippen molar-refractivity contribution in [3.63, 3.8) is 0 Å². The lowest BCUT2D eigenvalue weighted by Crippen LogP contribution is -2.45. The fourth-order valence-electron chi connectivity index (χ4n) is 7.91. The second-order valence-electron chi connectivity index (χ2n) is 14.1. The molecule has 10 heteroatoms. The molecule has 0 radical (unpaired) electrons. The first kappa shape index (κ1) is 33.3. The van der Waals surface area contributed by atoms with E-state index >= 15 is 0 Å². The summed E-state index contributed by atoms with van der Waals surface area (Å²) in [5.41, 5.74) is 10.6. The van der Waals surface area contributed by atoms with Crippen molar-refractivity contribution < 1.29 is 9.59 Å². The lowest BCUT2D eigenvalue weighted by atomic mass is 9.91. The second-order valence-corrected chi connectivity index (χ2v) is 14.4. The van der Waals surface area contributed by atoms with Crippen molar-refractivity contribution in [2.75, 3.05) is 13.1 Å². The van der Waals surface area contributed by atoms with Gasteiger partial charge in [-0.15, -0.1) is 0 Å². The molecule has 0 unspecified atom stereocenters. The van der Waals surface area contributed by atoms with Crippen molar-refractivity contribution in [1.29, 1.82) is 0 Å². The average Bonchev–Trinajstić information content (AvgIpc) is 3.91. The molecule has 2 amide bonds. The molecule has 51 heavy (non-hydrogen) atoms. The minimum absolute atomic E-state index is 0.0729. The number of amides is 2. The van der Waals surface area contributed by atoms with Crippen LogP contribution < -0.4 is 26.8 Å². The number of fused-ring (bicyclic) bond motifs is 2. The van der Waals surface area contributed by atoms with E-state index in [0.29, 0.717) is 35.7 Å². The quantitative estimate of drug-likeness (QED) is 0.165. The molecule has 2 aromatic heterocycles. The van der Waals surface area contributed by atoms with Crippen LogP contribution in [-0.4, -0.2) is 52.4 Å². The number of carbonyl (C=O) groups is 2. The van der Waals surface area contributed by atoms with Gasteiger partial charge < -0.3 is 21.3 Å². The molecule has 1 aliphatic carbocycles. The Morgan fingerprint density at radius 3 is 2.53 bits per heavy atom. The van der Waals surface area contributed by atoms with Crippen LogP contribution in [0.15, 0.2) is 83.9 Å². The van der Waals surface area contributed by atoms with E-state index in [2.05, 4.69) is 81.7 Å². The number of rotatable bonds is 9. The largest absolute Gasteiger partial charge is 0.352 e. The molecular weight excluding hydrogens is 660 g/mol. The SMILES string of the molecule is Cc1c(-c2ccn3c(=O)c(CNC[C@H]4CCC(=O)N4)cnc3c2)cccc1-c1cccc(-c2ccc3c(c2)C[C@H](NC(=O)[C@H]2CCCN2)C3)c1Cl. The molecule has 260 valence electrons. The molecule has 0 spiro atoms. The Morgan fingerprint density at radius 2 is 1.73 bits per heavy atom. The maximum absolute atomic E-state index is 13.3. The van der Waals surface area contributed by atoms with Crippen LogP contribution in [-0.2, 0) is 29.0 Å². The van der Waals surface area contributed by atoms with E-state index < -0.39 is 0 Å². The van der Waals surface area contributed by atoms with Crippen LogP contribution >= 0.6 is 11.6 Å². The van der Waals surface area contributed by atoms with Gasteiger partial charge >= 0.3 is 0 Å². The summed E-state index contributed by atoms with van der Waals surface area (Å²) in [5, 5.41) is 13.5. The van der Waals surface area contributed by atoms with E-state index in [-0.39, 0.29) is 35.5 Å². The Bertz CT molecular complexity index is 2230. The summed E-state index contributed by atoms with van der Waals surface area (Å²) in [5.74, 6) is 0.186. The third-order valence-electron chi connectivity index (χ3n) is 10.7. The van der Waals surface area contributed by atoms with Crippen LogP contribution in [0.2, 0.25) is 5.02 Å². The van der Waals surface area contributed by atoms with E-state index in [0.717, 1.165) is 77.6 Å².